The van der Waals surface area contributed by atoms with Crippen molar-refractivity contribution >= 4 is 11.9 Å². The van der Waals surface area contributed by atoms with Crippen LogP contribution in [-0.4, -0.2) is 23.6 Å². The maximum Gasteiger partial charge on any atom is 0.310 e. The summed E-state index contributed by atoms with van der Waals surface area (Å²) in [5.41, 5.74) is -0.499. The molecule has 4 nitrogen and oxygen atoms in total. The largest absolute Gasteiger partial charge is 0.461 e. The molecule has 3 rings (SSSR count). The lowest BCUT2D eigenvalue weighted by Gasteiger charge is -2.27. The van der Waals surface area contributed by atoms with Crippen molar-refractivity contribution in [3.05, 3.63) is 6.42 Å². The van der Waals surface area contributed by atoms with Crippen LogP contribution in [0.5, 0.6) is 0 Å². The summed E-state index contributed by atoms with van der Waals surface area (Å²) in [6.45, 7) is 5.53. The van der Waals surface area contributed by atoms with Gasteiger partial charge in [0, 0.05) is 12.3 Å². The molecule has 0 amide bonds. The van der Waals surface area contributed by atoms with Crippen molar-refractivity contribution < 1.29 is 19.1 Å². The molecule has 5 unspecified atom stereocenters. The smallest absolute Gasteiger partial charge is 0.310 e. The summed E-state index contributed by atoms with van der Waals surface area (Å²) in [5, 5.41) is 0. The molecule has 2 bridgehead atoms. The highest BCUT2D eigenvalue weighted by Crippen LogP contribution is 2.57. The van der Waals surface area contributed by atoms with Crippen LogP contribution in [-0.2, 0) is 19.1 Å². The van der Waals surface area contributed by atoms with Gasteiger partial charge in [0.15, 0.2) is 0 Å². The van der Waals surface area contributed by atoms with Gasteiger partial charge in [-0.2, -0.15) is 0 Å². The number of hydrogen-bond donors (Lipinski definition) is 0. The summed E-state index contributed by atoms with van der Waals surface area (Å²) in [6.07, 6.45) is 2.86. The maximum absolute atomic E-state index is 12.1. The van der Waals surface area contributed by atoms with E-state index >= 15 is 0 Å². The molecule has 3 aliphatic rings. The number of carbonyl (C=O) groups excluding carboxylic acids is 2. The van der Waals surface area contributed by atoms with Gasteiger partial charge >= 0.3 is 11.9 Å². The summed E-state index contributed by atoms with van der Waals surface area (Å²) in [5.74, 6) is -0.660. The van der Waals surface area contributed by atoms with E-state index in [-0.39, 0.29) is 41.7 Å². The van der Waals surface area contributed by atoms with Crippen LogP contribution in [0.4, 0.5) is 0 Å². The van der Waals surface area contributed by atoms with E-state index in [9.17, 15) is 9.59 Å². The Morgan fingerprint density at radius 2 is 2.18 bits per heavy atom. The molecule has 0 aromatic heterocycles. The summed E-state index contributed by atoms with van der Waals surface area (Å²) in [6, 6.07) is 0. The molecule has 0 aromatic carbocycles. The highest BCUT2D eigenvalue weighted by atomic mass is 16.6. The third-order valence-electron chi connectivity index (χ3n) is 3.92. The third-order valence-corrected chi connectivity index (χ3v) is 3.92. The molecule has 0 spiro atoms. The van der Waals surface area contributed by atoms with Gasteiger partial charge in [0.05, 0.1) is 11.8 Å². The maximum atomic E-state index is 12.1. The van der Waals surface area contributed by atoms with Gasteiger partial charge in [0.25, 0.3) is 0 Å². The average molecular weight is 237 g/mol. The molecule has 1 heterocycles. The summed E-state index contributed by atoms with van der Waals surface area (Å²) in [4.78, 5) is 23.9. The van der Waals surface area contributed by atoms with Gasteiger partial charge in [-0.15, -0.1) is 0 Å². The van der Waals surface area contributed by atoms with Crippen LogP contribution in [0.2, 0.25) is 0 Å². The van der Waals surface area contributed by atoms with Gasteiger partial charge in [-0.3, -0.25) is 9.59 Å². The Morgan fingerprint density at radius 1 is 1.47 bits per heavy atom. The van der Waals surface area contributed by atoms with Gasteiger partial charge in [0.2, 0.25) is 0 Å². The fourth-order valence-electron chi connectivity index (χ4n) is 3.42. The molecule has 17 heavy (non-hydrogen) atoms. The van der Waals surface area contributed by atoms with Crippen LogP contribution in [0.15, 0.2) is 0 Å². The lowest BCUT2D eigenvalue weighted by atomic mass is 9.80. The highest BCUT2D eigenvalue weighted by Gasteiger charge is 2.64. The Bertz CT molecular complexity index is 379. The summed E-state index contributed by atoms with van der Waals surface area (Å²) in [7, 11) is 0. The molecule has 5 atom stereocenters. The molecule has 0 aromatic rings. The molecule has 93 valence electrons. The molecular weight excluding hydrogens is 220 g/mol. The topological polar surface area (TPSA) is 52.6 Å². The quantitative estimate of drug-likeness (QED) is 0.646. The van der Waals surface area contributed by atoms with Crippen LogP contribution < -0.4 is 0 Å². The van der Waals surface area contributed by atoms with E-state index in [2.05, 4.69) is 0 Å². The van der Waals surface area contributed by atoms with Gasteiger partial charge in [-0.05, 0) is 33.1 Å². The second-order valence-corrected chi connectivity index (χ2v) is 6.24. The Kier molecular flexibility index (Phi) is 2.11. The molecule has 2 saturated carbocycles. The van der Waals surface area contributed by atoms with Crippen LogP contribution in [0.25, 0.3) is 0 Å². The predicted molar refractivity (Wildman–Crippen MR) is 58.6 cm³/mol. The van der Waals surface area contributed by atoms with E-state index in [1.165, 1.54) is 0 Å². The van der Waals surface area contributed by atoms with Crippen molar-refractivity contribution in [2.45, 2.75) is 38.9 Å². The minimum atomic E-state index is -0.499. The van der Waals surface area contributed by atoms with Crippen molar-refractivity contribution in [3.8, 4) is 0 Å². The van der Waals surface area contributed by atoms with E-state index < -0.39 is 5.60 Å². The van der Waals surface area contributed by atoms with Crippen molar-refractivity contribution in [2.24, 2.45) is 23.7 Å². The van der Waals surface area contributed by atoms with E-state index in [0.717, 1.165) is 6.42 Å². The van der Waals surface area contributed by atoms with Crippen LogP contribution in [0.3, 0.4) is 0 Å². The first-order chi connectivity index (χ1) is 7.87. The predicted octanol–water partition coefficient (Wildman–Crippen LogP) is 1.34. The third kappa shape index (κ3) is 1.57. The van der Waals surface area contributed by atoms with E-state index in [0.29, 0.717) is 0 Å². The van der Waals surface area contributed by atoms with Crippen molar-refractivity contribution in [1.82, 2.24) is 0 Å². The molecular formula is C13H17O4. The van der Waals surface area contributed by atoms with Gasteiger partial charge < -0.3 is 9.47 Å². The Morgan fingerprint density at radius 3 is 2.82 bits per heavy atom. The Hall–Kier alpha value is -1.06. The van der Waals surface area contributed by atoms with Crippen molar-refractivity contribution in [2.75, 3.05) is 0 Å². The number of esters is 2. The number of carbonyl (C=O) groups is 2. The molecule has 1 saturated heterocycles. The standard InChI is InChI=1S/C13H17O4/c1-13(2,3)17-12(15)9-6-4-7-8(5-6)16-11(14)10(7)9/h5-10H,4H2,1-3H3. The summed E-state index contributed by atoms with van der Waals surface area (Å²) < 4.78 is 10.7. The van der Waals surface area contributed by atoms with Crippen molar-refractivity contribution in [3.63, 3.8) is 0 Å². The fraction of sp³-hybridized carbons (Fsp3) is 0.769. The monoisotopic (exact) mass is 237 g/mol. The van der Waals surface area contributed by atoms with Crippen LogP contribution >= 0.6 is 0 Å². The number of rotatable bonds is 1. The lowest BCUT2D eigenvalue weighted by molar-refractivity contribution is -0.165. The minimum absolute atomic E-state index is 0.0452. The Balaban J connectivity index is 1.81. The fourth-order valence-corrected chi connectivity index (χ4v) is 3.42. The average Bonchev–Trinajstić information content (AvgIpc) is 2.73. The summed E-state index contributed by atoms with van der Waals surface area (Å²) >= 11 is 0. The van der Waals surface area contributed by atoms with Gasteiger partial charge in [0.1, 0.15) is 11.7 Å². The molecule has 4 heteroatoms. The SMILES string of the molecule is CC(C)(C)OC(=O)C1C2[CH]C3OC(=O)C1C3C2. The molecule has 3 fully saturated rings. The normalized spacial score (nSPS) is 42.8. The first kappa shape index (κ1) is 11.1. The van der Waals surface area contributed by atoms with Gasteiger partial charge in [-0.1, -0.05) is 0 Å². The van der Waals surface area contributed by atoms with E-state index in [4.69, 9.17) is 9.47 Å². The van der Waals surface area contributed by atoms with E-state index in [1.54, 1.807) is 0 Å². The number of hydrogen-bond acceptors (Lipinski definition) is 4. The first-order valence-electron chi connectivity index (χ1n) is 6.15. The molecule has 1 aliphatic heterocycles. The van der Waals surface area contributed by atoms with Crippen LogP contribution in [0, 0.1) is 30.1 Å². The zero-order valence-corrected chi connectivity index (χ0v) is 10.3. The second kappa shape index (κ2) is 3.24. The number of ether oxygens (including phenoxy) is 2. The van der Waals surface area contributed by atoms with Crippen molar-refractivity contribution in [1.29, 1.82) is 0 Å². The zero-order chi connectivity index (χ0) is 12.4. The molecule has 0 N–H and O–H groups in total. The van der Waals surface area contributed by atoms with Gasteiger partial charge in [-0.25, -0.2) is 0 Å². The van der Waals surface area contributed by atoms with Crippen LogP contribution in [0.1, 0.15) is 27.2 Å². The number of fused-ring (bicyclic) bond motifs is 1. The highest BCUT2D eigenvalue weighted by molar-refractivity contribution is 5.86. The Labute approximate surface area is 101 Å². The molecule has 2 aliphatic carbocycles. The zero-order valence-electron chi connectivity index (χ0n) is 10.3. The minimum Gasteiger partial charge on any atom is -0.461 e. The van der Waals surface area contributed by atoms with E-state index in [1.807, 2.05) is 27.2 Å². The lowest BCUT2D eigenvalue weighted by Crippen LogP contribution is -2.37. The molecule has 1 radical (unpaired) electrons. The second-order valence-electron chi connectivity index (χ2n) is 6.24. The first-order valence-corrected chi connectivity index (χ1v) is 6.15.